The van der Waals surface area contributed by atoms with Crippen LogP contribution >= 0.6 is 15.9 Å². The maximum absolute atomic E-state index is 13.4. The number of aliphatic carboxylic acids is 1. The van der Waals surface area contributed by atoms with Gasteiger partial charge in [0.1, 0.15) is 11.6 Å². The molecule has 0 aliphatic rings. The van der Waals surface area contributed by atoms with Gasteiger partial charge in [-0.25, -0.2) is 4.39 Å². The van der Waals surface area contributed by atoms with Crippen LogP contribution in [0.5, 0.6) is 5.75 Å². The van der Waals surface area contributed by atoms with Gasteiger partial charge in [-0.2, -0.15) is 0 Å². The van der Waals surface area contributed by atoms with Crippen LogP contribution in [0.4, 0.5) is 4.39 Å². The first-order valence-electron chi connectivity index (χ1n) is 5.03. The summed E-state index contributed by atoms with van der Waals surface area (Å²) in [7, 11) is 1.43. The molecule has 0 amide bonds. The zero-order valence-corrected chi connectivity index (χ0v) is 11.5. The van der Waals surface area contributed by atoms with Crippen molar-refractivity contribution in [3.63, 3.8) is 0 Å². The molecule has 3 nitrogen and oxygen atoms in total. The SMILES string of the molecule is COc1cc(F)c(Br)cc1C(C)(C)CC(=O)O. The van der Waals surface area contributed by atoms with E-state index in [0.29, 0.717) is 15.8 Å². The van der Waals surface area contributed by atoms with E-state index in [1.54, 1.807) is 19.9 Å². The van der Waals surface area contributed by atoms with E-state index >= 15 is 0 Å². The summed E-state index contributed by atoms with van der Waals surface area (Å²) in [5.74, 6) is -0.980. The van der Waals surface area contributed by atoms with Crippen LogP contribution in [0.2, 0.25) is 0 Å². The molecule has 0 aliphatic carbocycles. The van der Waals surface area contributed by atoms with E-state index in [9.17, 15) is 9.18 Å². The molecule has 0 aromatic heterocycles. The van der Waals surface area contributed by atoms with Crippen LogP contribution < -0.4 is 4.74 Å². The zero-order chi connectivity index (χ0) is 13.2. The monoisotopic (exact) mass is 304 g/mol. The van der Waals surface area contributed by atoms with E-state index < -0.39 is 17.2 Å². The van der Waals surface area contributed by atoms with Gasteiger partial charge in [-0.1, -0.05) is 13.8 Å². The predicted octanol–water partition coefficient (Wildman–Crippen LogP) is 3.35. The van der Waals surface area contributed by atoms with Crippen LogP contribution in [0.3, 0.4) is 0 Å². The van der Waals surface area contributed by atoms with Crippen molar-refractivity contribution in [3.8, 4) is 5.75 Å². The summed E-state index contributed by atoms with van der Waals surface area (Å²) < 4.78 is 18.7. The summed E-state index contributed by atoms with van der Waals surface area (Å²) in [6.45, 7) is 3.56. The third-order valence-electron chi connectivity index (χ3n) is 2.56. The molecule has 0 atom stereocenters. The first-order valence-corrected chi connectivity index (χ1v) is 5.82. The number of carbonyl (C=O) groups is 1. The average Bonchev–Trinajstić information content (AvgIpc) is 2.19. The Morgan fingerprint density at radius 3 is 2.59 bits per heavy atom. The number of hydrogen-bond donors (Lipinski definition) is 1. The fourth-order valence-corrected chi connectivity index (χ4v) is 2.04. The lowest BCUT2D eigenvalue weighted by Crippen LogP contribution is -2.22. The van der Waals surface area contributed by atoms with Crippen molar-refractivity contribution in [2.24, 2.45) is 0 Å². The first-order chi connectivity index (χ1) is 7.77. The van der Waals surface area contributed by atoms with Crippen LogP contribution in [0.25, 0.3) is 0 Å². The Hall–Kier alpha value is -1.10. The van der Waals surface area contributed by atoms with E-state index in [4.69, 9.17) is 9.84 Å². The van der Waals surface area contributed by atoms with Crippen molar-refractivity contribution in [2.45, 2.75) is 25.7 Å². The van der Waals surface area contributed by atoms with Gasteiger partial charge in [0.05, 0.1) is 18.0 Å². The number of halogens is 2. The molecule has 0 heterocycles. The molecule has 0 saturated carbocycles. The number of rotatable bonds is 4. The van der Waals surface area contributed by atoms with Crippen molar-refractivity contribution in [1.82, 2.24) is 0 Å². The minimum Gasteiger partial charge on any atom is -0.496 e. The summed E-state index contributed by atoms with van der Waals surface area (Å²) in [5, 5.41) is 8.87. The van der Waals surface area contributed by atoms with E-state index in [0.717, 1.165) is 0 Å². The standard InChI is InChI=1S/C12H14BrFO3/c1-12(2,6-11(15)16)7-4-8(13)9(14)5-10(7)17-3/h4-5H,6H2,1-3H3,(H,15,16). The normalized spacial score (nSPS) is 11.4. The molecule has 1 aromatic carbocycles. The molecule has 0 unspecified atom stereocenters. The van der Waals surface area contributed by atoms with Gasteiger partial charge in [-0.05, 0) is 22.0 Å². The van der Waals surface area contributed by atoms with Crippen molar-refractivity contribution < 1.29 is 19.0 Å². The third kappa shape index (κ3) is 3.19. The number of hydrogen-bond acceptors (Lipinski definition) is 2. The fourth-order valence-electron chi connectivity index (χ4n) is 1.70. The number of methoxy groups -OCH3 is 1. The quantitative estimate of drug-likeness (QED) is 0.928. The van der Waals surface area contributed by atoms with Crippen LogP contribution in [0.1, 0.15) is 25.8 Å². The minimum atomic E-state index is -0.905. The molecular formula is C12H14BrFO3. The van der Waals surface area contributed by atoms with E-state index in [1.165, 1.54) is 13.2 Å². The summed E-state index contributed by atoms with van der Waals surface area (Å²) in [5.41, 5.74) is 0.0311. The summed E-state index contributed by atoms with van der Waals surface area (Å²) >= 11 is 3.09. The molecule has 0 aliphatic heterocycles. The highest BCUT2D eigenvalue weighted by Gasteiger charge is 2.28. The number of carboxylic acids is 1. The molecule has 1 rings (SSSR count). The second-order valence-corrected chi connectivity index (χ2v) is 5.28. The summed E-state index contributed by atoms with van der Waals surface area (Å²) in [4.78, 5) is 10.8. The van der Waals surface area contributed by atoms with Gasteiger partial charge in [0.25, 0.3) is 0 Å². The Kier molecular flexibility index (Phi) is 4.14. The highest BCUT2D eigenvalue weighted by molar-refractivity contribution is 9.10. The lowest BCUT2D eigenvalue weighted by atomic mass is 9.81. The molecule has 0 bridgehead atoms. The lowest BCUT2D eigenvalue weighted by Gasteiger charge is -2.25. The Morgan fingerprint density at radius 2 is 2.12 bits per heavy atom. The number of carboxylic acid groups (broad SMARTS) is 1. The van der Waals surface area contributed by atoms with Gasteiger partial charge < -0.3 is 9.84 Å². The molecule has 94 valence electrons. The topological polar surface area (TPSA) is 46.5 Å². The minimum absolute atomic E-state index is 0.0541. The smallest absolute Gasteiger partial charge is 0.304 e. The lowest BCUT2D eigenvalue weighted by molar-refractivity contribution is -0.138. The largest absolute Gasteiger partial charge is 0.496 e. The van der Waals surface area contributed by atoms with E-state index in [-0.39, 0.29) is 6.42 Å². The van der Waals surface area contributed by atoms with Crippen LogP contribution in [-0.4, -0.2) is 18.2 Å². The van der Waals surface area contributed by atoms with Crippen molar-refractivity contribution in [3.05, 3.63) is 28.0 Å². The van der Waals surface area contributed by atoms with Gasteiger partial charge in [-0.15, -0.1) is 0 Å². The Balaban J connectivity index is 3.28. The van der Waals surface area contributed by atoms with E-state index in [2.05, 4.69) is 15.9 Å². The van der Waals surface area contributed by atoms with Crippen molar-refractivity contribution in [2.75, 3.05) is 7.11 Å². The maximum Gasteiger partial charge on any atom is 0.304 e. The fraction of sp³-hybridized carbons (Fsp3) is 0.417. The van der Waals surface area contributed by atoms with Crippen molar-refractivity contribution in [1.29, 1.82) is 0 Å². The number of benzene rings is 1. The molecule has 0 radical (unpaired) electrons. The molecular weight excluding hydrogens is 291 g/mol. The summed E-state index contributed by atoms with van der Waals surface area (Å²) in [6, 6.07) is 2.82. The van der Waals surface area contributed by atoms with Gasteiger partial charge in [0.15, 0.2) is 0 Å². The van der Waals surface area contributed by atoms with Gasteiger partial charge in [0, 0.05) is 17.0 Å². The average molecular weight is 305 g/mol. The number of ether oxygens (including phenoxy) is 1. The second-order valence-electron chi connectivity index (χ2n) is 4.42. The highest BCUT2D eigenvalue weighted by atomic mass is 79.9. The molecule has 1 aromatic rings. The predicted molar refractivity (Wildman–Crippen MR) is 65.9 cm³/mol. The molecule has 5 heteroatoms. The highest BCUT2D eigenvalue weighted by Crippen LogP contribution is 2.37. The van der Waals surface area contributed by atoms with Crippen LogP contribution in [-0.2, 0) is 10.2 Å². The molecule has 0 fully saturated rings. The Morgan fingerprint density at radius 1 is 1.53 bits per heavy atom. The Bertz CT molecular complexity index is 444. The second kappa shape index (κ2) is 5.04. The van der Waals surface area contributed by atoms with Crippen molar-refractivity contribution >= 4 is 21.9 Å². The molecule has 0 spiro atoms. The van der Waals surface area contributed by atoms with E-state index in [1.807, 2.05) is 0 Å². The van der Waals surface area contributed by atoms with Gasteiger partial charge >= 0.3 is 5.97 Å². The Labute approximate surface area is 108 Å². The van der Waals surface area contributed by atoms with Crippen LogP contribution in [0, 0.1) is 5.82 Å². The van der Waals surface area contributed by atoms with Gasteiger partial charge in [-0.3, -0.25) is 4.79 Å². The third-order valence-corrected chi connectivity index (χ3v) is 3.17. The summed E-state index contributed by atoms with van der Waals surface area (Å²) in [6.07, 6.45) is -0.0541. The maximum atomic E-state index is 13.4. The van der Waals surface area contributed by atoms with Crippen LogP contribution in [0.15, 0.2) is 16.6 Å². The molecule has 17 heavy (non-hydrogen) atoms. The molecule has 0 saturated heterocycles. The molecule has 1 N–H and O–H groups in total. The van der Waals surface area contributed by atoms with Gasteiger partial charge in [0.2, 0.25) is 0 Å². The zero-order valence-electron chi connectivity index (χ0n) is 9.88. The first kappa shape index (κ1) is 14.0.